The first kappa shape index (κ1) is 20.6. The normalized spacial score (nSPS) is 11.1. The number of ketones is 1. The van der Waals surface area contributed by atoms with Crippen molar-refractivity contribution in [2.45, 2.75) is 13.3 Å². The topological polar surface area (TPSA) is 59.7 Å². The molecule has 0 saturated carbocycles. The number of aromatic hydroxyl groups is 1. The largest absolute Gasteiger partial charge is 0.507 e. The number of halogens is 3. The van der Waals surface area contributed by atoms with Crippen LogP contribution in [0.25, 0.3) is 11.0 Å². The summed E-state index contributed by atoms with van der Waals surface area (Å²) in [5, 5.41) is 11.1. The SMILES string of the molecule is CCc1cc2c(Br)c(Oc3ccc(O)c(C(=O)c4ccc(F)cc4)c3)c(Br)cc2o1. The molecule has 1 heterocycles. The molecule has 0 spiro atoms. The smallest absolute Gasteiger partial charge is 0.196 e. The summed E-state index contributed by atoms with van der Waals surface area (Å²) in [5.74, 6) is 0.659. The summed E-state index contributed by atoms with van der Waals surface area (Å²) < 4.78 is 26.3. The highest BCUT2D eigenvalue weighted by atomic mass is 79.9. The van der Waals surface area contributed by atoms with Crippen LogP contribution in [-0.4, -0.2) is 10.9 Å². The molecule has 0 saturated heterocycles. The molecule has 152 valence electrons. The summed E-state index contributed by atoms with van der Waals surface area (Å²) >= 11 is 7.07. The quantitative estimate of drug-likeness (QED) is 0.272. The fourth-order valence-corrected chi connectivity index (χ4v) is 4.40. The van der Waals surface area contributed by atoms with Gasteiger partial charge in [0, 0.05) is 17.4 Å². The van der Waals surface area contributed by atoms with E-state index in [1.165, 1.54) is 36.4 Å². The number of aryl methyl sites for hydroxylation is 1. The van der Waals surface area contributed by atoms with Crippen molar-refractivity contribution in [1.82, 2.24) is 0 Å². The molecule has 3 aromatic carbocycles. The Morgan fingerprint density at radius 2 is 1.83 bits per heavy atom. The summed E-state index contributed by atoms with van der Waals surface area (Å²) in [5.41, 5.74) is 1.04. The Bertz CT molecular complexity index is 1260. The van der Waals surface area contributed by atoms with Gasteiger partial charge in [0.2, 0.25) is 0 Å². The van der Waals surface area contributed by atoms with Crippen molar-refractivity contribution in [3.8, 4) is 17.2 Å². The van der Waals surface area contributed by atoms with Crippen LogP contribution in [0.5, 0.6) is 17.2 Å². The average molecular weight is 534 g/mol. The number of fused-ring (bicyclic) bond motifs is 1. The molecule has 4 nitrogen and oxygen atoms in total. The summed E-state index contributed by atoms with van der Waals surface area (Å²) in [7, 11) is 0. The fourth-order valence-electron chi connectivity index (χ4n) is 3.05. The van der Waals surface area contributed by atoms with Crippen LogP contribution in [0.2, 0.25) is 0 Å². The van der Waals surface area contributed by atoms with Crippen molar-refractivity contribution in [2.75, 3.05) is 0 Å². The number of hydrogen-bond donors (Lipinski definition) is 1. The Morgan fingerprint density at radius 3 is 2.53 bits per heavy atom. The zero-order valence-electron chi connectivity index (χ0n) is 15.7. The first-order valence-electron chi connectivity index (χ1n) is 9.09. The number of carbonyl (C=O) groups is 1. The summed E-state index contributed by atoms with van der Waals surface area (Å²) in [6, 6.07) is 13.3. The van der Waals surface area contributed by atoms with Gasteiger partial charge in [0.05, 0.1) is 14.5 Å². The van der Waals surface area contributed by atoms with Gasteiger partial charge in [-0.05, 0) is 86.5 Å². The number of furan rings is 1. The first-order chi connectivity index (χ1) is 14.4. The molecule has 30 heavy (non-hydrogen) atoms. The molecule has 0 radical (unpaired) electrons. The van der Waals surface area contributed by atoms with E-state index in [0.717, 1.165) is 23.2 Å². The maximum absolute atomic E-state index is 13.2. The third kappa shape index (κ3) is 3.87. The molecule has 4 rings (SSSR count). The molecule has 0 amide bonds. The van der Waals surface area contributed by atoms with E-state index in [9.17, 15) is 14.3 Å². The van der Waals surface area contributed by atoms with E-state index >= 15 is 0 Å². The molecule has 0 unspecified atom stereocenters. The second kappa shape index (κ2) is 8.24. The zero-order valence-corrected chi connectivity index (χ0v) is 18.9. The molecule has 1 aromatic heterocycles. The van der Waals surface area contributed by atoms with Crippen LogP contribution in [-0.2, 0) is 6.42 Å². The summed E-state index contributed by atoms with van der Waals surface area (Å²) in [4.78, 5) is 12.8. The molecular formula is C23H15Br2FO4. The number of rotatable bonds is 5. The second-order valence-corrected chi connectivity index (χ2v) is 8.24. The lowest BCUT2D eigenvalue weighted by molar-refractivity contribution is 0.103. The Labute approximate surface area is 188 Å². The Hall–Kier alpha value is -2.64. The van der Waals surface area contributed by atoms with Crippen LogP contribution >= 0.6 is 31.9 Å². The van der Waals surface area contributed by atoms with Gasteiger partial charge in [-0.15, -0.1) is 0 Å². The van der Waals surface area contributed by atoms with Gasteiger partial charge in [-0.1, -0.05) is 6.92 Å². The first-order valence-corrected chi connectivity index (χ1v) is 10.7. The number of benzene rings is 3. The highest BCUT2D eigenvalue weighted by Crippen LogP contribution is 2.43. The highest BCUT2D eigenvalue weighted by Gasteiger charge is 2.19. The fraction of sp³-hybridized carbons (Fsp3) is 0.0870. The number of phenols is 1. The van der Waals surface area contributed by atoms with Crippen molar-refractivity contribution in [3.05, 3.63) is 86.2 Å². The van der Waals surface area contributed by atoms with Gasteiger partial charge >= 0.3 is 0 Å². The monoisotopic (exact) mass is 532 g/mol. The molecule has 0 aliphatic rings. The van der Waals surface area contributed by atoms with Crippen molar-refractivity contribution < 1.29 is 23.4 Å². The third-order valence-corrected chi connectivity index (χ3v) is 5.99. The van der Waals surface area contributed by atoms with Crippen LogP contribution in [0.15, 0.2) is 68.0 Å². The molecule has 0 aliphatic heterocycles. The van der Waals surface area contributed by atoms with E-state index in [-0.39, 0.29) is 16.9 Å². The van der Waals surface area contributed by atoms with E-state index in [0.29, 0.717) is 20.4 Å². The molecule has 0 bridgehead atoms. The zero-order chi connectivity index (χ0) is 21.4. The minimum Gasteiger partial charge on any atom is -0.507 e. The molecule has 0 aliphatic carbocycles. The lowest BCUT2D eigenvalue weighted by Gasteiger charge is -2.12. The van der Waals surface area contributed by atoms with Gasteiger partial charge in [0.15, 0.2) is 11.5 Å². The van der Waals surface area contributed by atoms with Crippen molar-refractivity contribution >= 4 is 48.6 Å². The van der Waals surface area contributed by atoms with E-state index in [1.807, 2.05) is 19.1 Å². The van der Waals surface area contributed by atoms with Crippen LogP contribution in [0.1, 0.15) is 28.6 Å². The van der Waals surface area contributed by atoms with Crippen molar-refractivity contribution in [3.63, 3.8) is 0 Å². The molecular weight excluding hydrogens is 519 g/mol. The van der Waals surface area contributed by atoms with E-state index < -0.39 is 11.6 Å². The van der Waals surface area contributed by atoms with Crippen LogP contribution in [0.4, 0.5) is 4.39 Å². The number of ether oxygens (including phenoxy) is 1. The highest BCUT2D eigenvalue weighted by molar-refractivity contribution is 9.11. The summed E-state index contributed by atoms with van der Waals surface area (Å²) in [6.07, 6.45) is 0.766. The van der Waals surface area contributed by atoms with E-state index in [1.54, 1.807) is 6.07 Å². The lowest BCUT2D eigenvalue weighted by Crippen LogP contribution is -2.02. The van der Waals surface area contributed by atoms with Crippen LogP contribution in [0, 0.1) is 5.82 Å². The number of hydrogen-bond acceptors (Lipinski definition) is 4. The Balaban J connectivity index is 1.71. The Morgan fingerprint density at radius 1 is 1.10 bits per heavy atom. The maximum atomic E-state index is 13.2. The second-order valence-electron chi connectivity index (χ2n) is 6.60. The molecule has 4 aromatic rings. The summed E-state index contributed by atoms with van der Waals surface area (Å²) in [6.45, 7) is 2.01. The number of phenolic OH excluding ortho intramolecular Hbond substituents is 1. The Kier molecular flexibility index (Phi) is 5.66. The standard InChI is InChI=1S/C23H15Br2FO4/c1-2-14-9-17-20(29-14)11-18(24)23(21(17)25)30-15-7-8-19(27)16(10-15)22(28)12-3-5-13(26)6-4-12/h3-11,27H,2H2,1H3. The predicted molar refractivity (Wildman–Crippen MR) is 119 cm³/mol. The molecule has 0 fully saturated rings. The van der Waals surface area contributed by atoms with Gasteiger partial charge in [-0.25, -0.2) is 4.39 Å². The van der Waals surface area contributed by atoms with Gasteiger partial charge in [0.1, 0.15) is 28.7 Å². The van der Waals surface area contributed by atoms with Gasteiger partial charge < -0.3 is 14.3 Å². The van der Waals surface area contributed by atoms with Gasteiger partial charge in [0.25, 0.3) is 0 Å². The van der Waals surface area contributed by atoms with Crippen LogP contribution < -0.4 is 4.74 Å². The molecule has 1 N–H and O–H groups in total. The van der Waals surface area contributed by atoms with Crippen molar-refractivity contribution in [1.29, 1.82) is 0 Å². The predicted octanol–water partition coefficient (Wildman–Crippen LogP) is 7.39. The molecule has 0 atom stereocenters. The maximum Gasteiger partial charge on any atom is 0.196 e. The van der Waals surface area contributed by atoms with Crippen LogP contribution in [0.3, 0.4) is 0 Å². The number of carbonyl (C=O) groups excluding carboxylic acids is 1. The minimum absolute atomic E-state index is 0.0593. The average Bonchev–Trinajstić information content (AvgIpc) is 3.15. The van der Waals surface area contributed by atoms with E-state index in [2.05, 4.69) is 31.9 Å². The minimum atomic E-state index is -0.441. The van der Waals surface area contributed by atoms with Crippen molar-refractivity contribution in [2.24, 2.45) is 0 Å². The third-order valence-electron chi connectivity index (χ3n) is 4.61. The van der Waals surface area contributed by atoms with E-state index in [4.69, 9.17) is 9.15 Å². The van der Waals surface area contributed by atoms with Gasteiger partial charge in [-0.3, -0.25) is 4.79 Å². The molecule has 7 heteroatoms. The van der Waals surface area contributed by atoms with Gasteiger partial charge in [-0.2, -0.15) is 0 Å². The lowest BCUT2D eigenvalue weighted by atomic mass is 10.0.